The zero-order valence-corrected chi connectivity index (χ0v) is 17.2. The molecule has 1 aromatic heterocycles. The average Bonchev–Trinajstić information content (AvgIpc) is 3.05. The first-order valence-corrected chi connectivity index (χ1v) is 10.1. The van der Waals surface area contributed by atoms with Crippen molar-refractivity contribution >= 4 is 23.3 Å². The molecule has 0 aliphatic carbocycles. The molecule has 3 aromatic rings. The molecule has 30 heavy (non-hydrogen) atoms. The molecule has 0 spiro atoms. The molecular formula is C22H22N2O5S. The number of carbonyl (C=O) groups excluding carboxylic acids is 1. The number of methoxy groups -OCH3 is 1. The van der Waals surface area contributed by atoms with Gasteiger partial charge in [-0.1, -0.05) is 41.7 Å². The number of carbonyl (C=O) groups is 1. The summed E-state index contributed by atoms with van der Waals surface area (Å²) in [6.45, 7) is 0.488. The fourth-order valence-corrected chi connectivity index (χ4v) is 3.60. The molecule has 0 saturated carbocycles. The molecule has 0 aliphatic rings. The number of phenolic OH excluding ortho intramolecular Hbond substituents is 1. The number of rotatable bonds is 8. The van der Waals surface area contributed by atoms with E-state index in [0.29, 0.717) is 30.0 Å². The number of ether oxygens (including phenoxy) is 1. The van der Waals surface area contributed by atoms with Crippen LogP contribution in [0.3, 0.4) is 0 Å². The molecule has 1 amide bonds. The Morgan fingerprint density at radius 2 is 1.90 bits per heavy atom. The van der Waals surface area contributed by atoms with E-state index in [1.54, 1.807) is 18.2 Å². The molecule has 156 valence electrons. The van der Waals surface area contributed by atoms with Gasteiger partial charge in [0.2, 0.25) is 11.8 Å². The largest absolute Gasteiger partial charge is 0.504 e. The Kier molecular flexibility index (Phi) is 6.92. The summed E-state index contributed by atoms with van der Waals surface area (Å²) in [7, 11) is 1.47. The minimum absolute atomic E-state index is 0.0470. The van der Waals surface area contributed by atoms with Crippen LogP contribution in [0.5, 0.6) is 17.4 Å². The third-order valence-electron chi connectivity index (χ3n) is 4.43. The smallest absolute Gasteiger partial charge is 0.307 e. The number of aromatic nitrogens is 1. The Bertz CT molecular complexity index is 1100. The monoisotopic (exact) mass is 426 g/mol. The molecule has 0 unspecified atom stereocenters. The van der Waals surface area contributed by atoms with Crippen LogP contribution in [0, 0.1) is 0 Å². The number of amides is 1. The Labute approximate surface area is 177 Å². The van der Waals surface area contributed by atoms with Gasteiger partial charge < -0.3 is 20.3 Å². The Morgan fingerprint density at radius 3 is 2.57 bits per heavy atom. The first kappa shape index (κ1) is 21.2. The van der Waals surface area contributed by atoms with Gasteiger partial charge >= 0.3 is 4.87 Å². The van der Waals surface area contributed by atoms with Crippen molar-refractivity contribution in [3.8, 4) is 17.4 Å². The highest BCUT2D eigenvalue weighted by Gasteiger charge is 2.07. The van der Waals surface area contributed by atoms with Crippen molar-refractivity contribution in [3.05, 3.63) is 79.8 Å². The summed E-state index contributed by atoms with van der Waals surface area (Å²) in [6, 6.07) is 12.7. The van der Waals surface area contributed by atoms with Gasteiger partial charge in [0.1, 0.15) is 0 Å². The standard InChI is InChI=1S/C22H22N2O5S/c1-29-18-12-15(6-8-17(18)25)7-9-20(26)23-11-10-14-2-4-16(5-3-14)13-19-21(27)24-22(28)30-19/h2-9,12,25,27H,10-11,13H2,1H3,(H,23,26)(H,24,28). The van der Waals surface area contributed by atoms with Crippen molar-refractivity contribution < 1.29 is 19.7 Å². The van der Waals surface area contributed by atoms with E-state index in [-0.39, 0.29) is 22.4 Å². The SMILES string of the molecule is COc1cc(C=CC(=O)NCCc2ccc(Cc3sc(=O)[nH]c3O)cc2)ccc1O. The van der Waals surface area contributed by atoms with Crippen molar-refractivity contribution in [2.24, 2.45) is 0 Å². The Balaban J connectivity index is 1.47. The maximum absolute atomic E-state index is 12.0. The number of H-pyrrole nitrogens is 1. The van der Waals surface area contributed by atoms with Crippen LogP contribution in [-0.4, -0.2) is 34.8 Å². The molecule has 3 rings (SSSR count). The third-order valence-corrected chi connectivity index (χ3v) is 5.30. The molecule has 0 saturated heterocycles. The van der Waals surface area contributed by atoms with E-state index in [2.05, 4.69) is 10.3 Å². The van der Waals surface area contributed by atoms with E-state index in [4.69, 9.17) is 4.74 Å². The molecule has 1 heterocycles. The van der Waals surface area contributed by atoms with Crippen molar-refractivity contribution in [3.63, 3.8) is 0 Å². The van der Waals surface area contributed by atoms with Crippen LogP contribution in [-0.2, 0) is 17.6 Å². The highest BCUT2D eigenvalue weighted by molar-refractivity contribution is 7.09. The van der Waals surface area contributed by atoms with E-state index in [1.165, 1.54) is 19.3 Å². The molecule has 4 N–H and O–H groups in total. The van der Waals surface area contributed by atoms with E-state index >= 15 is 0 Å². The van der Waals surface area contributed by atoms with Gasteiger partial charge in [-0.15, -0.1) is 0 Å². The second-order valence-corrected chi connectivity index (χ2v) is 7.65. The van der Waals surface area contributed by atoms with Gasteiger partial charge in [-0.25, -0.2) is 0 Å². The number of thiazole rings is 1. The highest BCUT2D eigenvalue weighted by atomic mass is 32.1. The minimum atomic E-state index is -0.270. The predicted molar refractivity (Wildman–Crippen MR) is 116 cm³/mol. The number of benzene rings is 2. The lowest BCUT2D eigenvalue weighted by atomic mass is 10.1. The Hall–Kier alpha value is -3.52. The quantitative estimate of drug-likeness (QED) is 0.414. The molecule has 8 heteroatoms. The molecule has 0 fully saturated rings. The molecule has 2 aromatic carbocycles. The van der Waals surface area contributed by atoms with Crippen LogP contribution >= 0.6 is 11.3 Å². The van der Waals surface area contributed by atoms with Gasteiger partial charge in [0.15, 0.2) is 11.5 Å². The zero-order valence-electron chi connectivity index (χ0n) is 16.3. The molecule has 0 atom stereocenters. The van der Waals surface area contributed by atoms with Crippen LogP contribution in [0.2, 0.25) is 0 Å². The molecular weight excluding hydrogens is 404 g/mol. The zero-order chi connectivity index (χ0) is 21.5. The third kappa shape index (κ3) is 5.74. The van der Waals surface area contributed by atoms with Crippen LogP contribution < -0.4 is 14.9 Å². The molecule has 0 aliphatic heterocycles. The van der Waals surface area contributed by atoms with Gasteiger partial charge in [-0.3, -0.25) is 14.6 Å². The van der Waals surface area contributed by atoms with Gasteiger partial charge in [-0.05, 0) is 41.3 Å². The minimum Gasteiger partial charge on any atom is -0.504 e. The molecule has 7 nitrogen and oxygen atoms in total. The first-order chi connectivity index (χ1) is 14.4. The Morgan fingerprint density at radius 1 is 1.17 bits per heavy atom. The van der Waals surface area contributed by atoms with Gasteiger partial charge in [0.05, 0.1) is 12.0 Å². The second kappa shape index (κ2) is 9.80. The summed E-state index contributed by atoms with van der Waals surface area (Å²) < 4.78 is 5.04. The highest BCUT2D eigenvalue weighted by Crippen LogP contribution is 2.26. The summed E-state index contributed by atoms with van der Waals surface area (Å²) in [5.74, 6) is 0.111. The maximum Gasteiger partial charge on any atom is 0.307 e. The topological polar surface area (TPSA) is 112 Å². The van der Waals surface area contributed by atoms with Crippen molar-refractivity contribution in [2.45, 2.75) is 12.8 Å². The van der Waals surface area contributed by atoms with Crippen LogP contribution in [0.1, 0.15) is 21.6 Å². The lowest BCUT2D eigenvalue weighted by Gasteiger charge is -2.05. The van der Waals surface area contributed by atoms with Crippen LogP contribution in [0.25, 0.3) is 6.08 Å². The molecule has 0 radical (unpaired) electrons. The van der Waals surface area contributed by atoms with E-state index in [9.17, 15) is 19.8 Å². The summed E-state index contributed by atoms with van der Waals surface area (Å²) >= 11 is 1.00. The molecule has 0 bridgehead atoms. The fraction of sp³-hybridized carbons (Fsp3) is 0.182. The van der Waals surface area contributed by atoms with Crippen molar-refractivity contribution in [1.29, 1.82) is 0 Å². The summed E-state index contributed by atoms with van der Waals surface area (Å²) in [5.41, 5.74) is 2.80. The van der Waals surface area contributed by atoms with Crippen molar-refractivity contribution in [2.75, 3.05) is 13.7 Å². The predicted octanol–water partition coefficient (Wildman–Crippen LogP) is 2.82. The first-order valence-electron chi connectivity index (χ1n) is 9.26. The number of phenols is 1. The lowest BCUT2D eigenvalue weighted by Crippen LogP contribution is -2.23. The van der Waals surface area contributed by atoms with E-state index in [0.717, 1.165) is 28.0 Å². The number of aromatic hydroxyl groups is 2. The summed E-state index contributed by atoms with van der Waals surface area (Å²) in [4.78, 5) is 25.9. The average molecular weight is 426 g/mol. The van der Waals surface area contributed by atoms with Crippen molar-refractivity contribution in [1.82, 2.24) is 10.3 Å². The van der Waals surface area contributed by atoms with E-state index < -0.39 is 0 Å². The van der Waals surface area contributed by atoms with Gasteiger partial charge in [0, 0.05) is 19.0 Å². The number of hydrogen-bond donors (Lipinski definition) is 4. The number of aromatic amines is 1. The summed E-state index contributed by atoms with van der Waals surface area (Å²) in [6.07, 6.45) is 4.25. The lowest BCUT2D eigenvalue weighted by molar-refractivity contribution is -0.116. The van der Waals surface area contributed by atoms with E-state index in [1.807, 2.05) is 24.3 Å². The van der Waals surface area contributed by atoms with Crippen LogP contribution in [0.15, 0.2) is 53.3 Å². The number of hydrogen-bond acceptors (Lipinski definition) is 6. The van der Waals surface area contributed by atoms with Gasteiger partial charge in [0.25, 0.3) is 0 Å². The summed E-state index contributed by atoms with van der Waals surface area (Å²) in [5, 5.41) is 22.1. The van der Waals surface area contributed by atoms with Gasteiger partial charge in [-0.2, -0.15) is 0 Å². The fourth-order valence-electron chi connectivity index (χ4n) is 2.84. The van der Waals surface area contributed by atoms with Crippen LogP contribution in [0.4, 0.5) is 0 Å². The normalized spacial score (nSPS) is 11.0. The number of nitrogens with one attached hydrogen (secondary N) is 2. The maximum atomic E-state index is 12.0. The second-order valence-electron chi connectivity index (χ2n) is 6.59.